The van der Waals surface area contributed by atoms with Crippen LogP contribution in [0.3, 0.4) is 0 Å². The Morgan fingerprint density at radius 3 is 2.75 bits per heavy atom. The molecule has 0 saturated carbocycles. The Bertz CT molecular complexity index is 510. The van der Waals surface area contributed by atoms with Crippen molar-refractivity contribution in [1.82, 2.24) is 4.90 Å². The Kier molecular flexibility index (Phi) is 5.24. The normalized spacial score (nSPS) is 14.4. The fourth-order valence-electron chi connectivity index (χ4n) is 1.76. The number of rotatable bonds is 5. The summed E-state index contributed by atoms with van der Waals surface area (Å²) in [4.78, 5) is 25.0. The van der Waals surface area contributed by atoms with Crippen LogP contribution in [0.5, 0.6) is 0 Å². The second kappa shape index (κ2) is 7.14. The van der Waals surface area contributed by atoms with E-state index in [-0.39, 0.29) is 11.9 Å². The third-order valence-electron chi connectivity index (χ3n) is 2.84. The van der Waals surface area contributed by atoms with Crippen molar-refractivity contribution in [1.29, 1.82) is 0 Å². The summed E-state index contributed by atoms with van der Waals surface area (Å²) in [5.74, 6) is 0.283. The lowest BCUT2D eigenvalue weighted by molar-refractivity contribution is -0.126. The van der Waals surface area contributed by atoms with E-state index in [0.717, 1.165) is 12.0 Å². The third kappa shape index (κ3) is 3.87. The number of thioether (sulfide) groups is 1. The van der Waals surface area contributed by atoms with Crippen LogP contribution in [0.2, 0.25) is 0 Å². The molecule has 1 aromatic rings. The zero-order chi connectivity index (χ0) is 14.4. The highest BCUT2D eigenvalue weighted by Gasteiger charge is 2.14. The molecule has 20 heavy (non-hydrogen) atoms. The Hall–Kier alpha value is -1.75. The Labute approximate surface area is 122 Å². The second-order valence-corrected chi connectivity index (χ2v) is 5.34. The molecule has 0 fully saturated rings. The molecule has 0 aliphatic carbocycles. The molecule has 4 nitrogen and oxygen atoms in total. The topological polar surface area (TPSA) is 46.6 Å². The first-order valence-corrected chi connectivity index (χ1v) is 7.59. The molecule has 1 amide bonds. The number of nitrogens with zero attached hydrogens (tertiary/aromatic N) is 1. The molecular weight excluding hydrogens is 274 g/mol. The highest BCUT2D eigenvalue weighted by atomic mass is 32.2. The van der Waals surface area contributed by atoms with Gasteiger partial charge in [0, 0.05) is 6.20 Å². The van der Waals surface area contributed by atoms with Gasteiger partial charge in [-0.25, -0.2) is 4.79 Å². The van der Waals surface area contributed by atoms with E-state index >= 15 is 0 Å². The van der Waals surface area contributed by atoms with Crippen molar-refractivity contribution in [3.8, 4) is 0 Å². The number of amides is 1. The van der Waals surface area contributed by atoms with Crippen molar-refractivity contribution in [3.63, 3.8) is 0 Å². The van der Waals surface area contributed by atoms with Crippen molar-refractivity contribution in [2.45, 2.75) is 19.9 Å². The van der Waals surface area contributed by atoms with Crippen LogP contribution >= 0.6 is 11.8 Å². The van der Waals surface area contributed by atoms with Gasteiger partial charge in [-0.3, -0.25) is 4.79 Å². The van der Waals surface area contributed by atoms with Crippen molar-refractivity contribution in [2.75, 3.05) is 12.4 Å². The molecule has 1 aromatic carbocycles. The van der Waals surface area contributed by atoms with Crippen molar-refractivity contribution >= 4 is 23.6 Å². The number of carbonyl (C=O) groups is 2. The van der Waals surface area contributed by atoms with Gasteiger partial charge in [-0.1, -0.05) is 19.1 Å². The van der Waals surface area contributed by atoms with Crippen LogP contribution in [-0.4, -0.2) is 29.1 Å². The molecule has 0 unspecified atom stereocenters. The van der Waals surface area contributed by atoms with Crippen LogP contribution in [0.25, 0.3) is 0 Å². The smallest absolute Gasteiger partial charge is 0.338 e. The zero-order valence-corrected chi connectivity index (χ0v) is 12.2. The van der Waals surface area contributed by atoms with Gasteiger partial charge in [0.15, 0.2) is 0 Å². The van der Waals surface area contributed by atoms with Crippen molar-refractivity contribution < 1.29 is 14.3 Å². The van der Waals surface area contributed by atoms with E-state index in [1.807, 2.05) is 24.5 Å². The quantitative estimate of drug-likeness (QED) is 0.783. The van der Waals surface area contributed by atoms with Crippen molar-refractivity contribution in [2.24, 2.45) is 0 Å². The summed E-state index contributed by atoms with van der Waals surface area (Å²) < 4.78 is 5.07. The van der Waals surface area contributed by atoms with Gasteiger partial charge >= 0.3 is 5.97 Å². The second-order valence-electron chi connectivity index (χ2n) is 4.45. The predicted molar refractivity (Wildman–Crippen MR) is 79.2 cm³/mol. The van der Waals surface area contributed by atoms with E-state index in [1.165, 1.54) is 11.8 Å². The van der Waals surface area contributed by atoms with Crippen LogP contribution in [-0.2, 0) is 16.1 Å². The number of esters is 1. The SMILES string of the molecule is CCCOC(=O)c1ccc(CN2C=CSCC2=O)cc1. The maximum Gasteiger partial charge on any atom is 0.338 e. The van der Waals surface area contributed by atoms with Gasteiger partial charge in [0.25, 0.3) is 0 Å². The number of hydrogen-bond donors (Lipinski definition) is 0. The molecule has 0 radical (unpaired) electrons. The van der Waals surface area contributed by atoms with E-state index < -0.39 is 0 Å². The number of benzene rings is 1. The maximum absolute atomic E-state index is 11.7. The average Bonchev–Trinajstić information content (AvgIpc) is 2.48. The zero-order valence-electron chi connectivity index (χ0n) is 11.4. The van der Waals surface area contributed by atoms with Crippen LogP contribution in [0.4, 0.5) is 0 Å². The van der Waals surface area contributed by atoms with E-state index in [9.17, 15) is 9.59 Å². The molecule has 5 heteroatoms. The van der Waals surface area contributed by atoms with E-state index in [1.54, 1.807) is 23.2 Å². The molecule has 0 saturated heterocycles. The maximum atomic E-state index is 11.7. The fourth-order valence-corrected chi connectivity index (χ4v) is 2.40. The lowest BCUT2D eigenvalue weighted by atomic mass is 10.1. The summed E-state index contributed by atoms with van der Waals surface area (Å²) in [5.41, 5.74) is 1.53. The van der Waals surface area contributed by atoms with Crippen LogP contribution in [0.1, 0.15) is 29.3 Å². The summed E-state index contributed by atoms with van der Waals surface area (Å²) in [5, 5.41) is 1.91. The first-order valence-electron chi connectivity index (χ1n) is 6.54. The van der Waals surface area contributed by atoms with Gasteiger partial charge in [0.2, 0.25) is 5.91 Å². The summed E-state index contributed by atoms with van der Waals surface area (Å²) in [6.45, 7) is 2.92. The molecule has 1 aliphatic rings. The molecular formula is C15H17NO3S. The Morgan fingerprint density at radius 2 is 2.10 bits per heavy atom. The average molecular weight is 291 g/mol. The molecule has 0 atom stereocenters. The van der Waals surface area contributed by atoms with Crippen LogP contribution in [0, 0.1) is 0 Å². The monoisotopic (exact) mass is 291 g/mol. The molecule has 0 aromatic heterocycles. The molecule has 1 heterocycles. The minimum absolute atomic E-state index is 0.101. The van der Waals surface area contributed by atoms with E-state index in [4.69, 9.17) is 4.74 Å². The van der Waals surface area contributed by atoms with E-state index in [2.05, 4.69) is 0 Å². The fraction of sp³-hybridized carbons (Fsp3) is 0.333. The van der Waals surface area contributed by atoms with Gasteiger partial charge in [0.1, 0.15) is 0 Å². The number of ether oxygens (including phenoxy) is 1. The summed E-state index contributed by atoms with van der Waals surface area (Å²) in [7, 11) is 0. The van der Waals surface area contributed by atoms with Crippen LogP contribution in [0.15, 0.2) is 35.9 Å². The van der Waals surface area contributed by atoms with Gasteiger partial charge in [0.05, 0.1) is 24.5 Å². The highest BCUT2D eigenvalue weighted by molar-refractivity contribution is 8.02. The van der Waals surface area contributed by atoms with Gasteiger partial charge < -0.3 is 9.64 Å². The lowest BCUT2D eigenvalue weighted by Gasteiger charge is -2.21. The summed E-state index contributed by atoms with van der Waals surface area (Å²) >= 11 is 1.50. The minimum Gasteiger partial charge on any atom is -0.462 e. The van der Waals surface area contributed by atoms with Gasteiger partial charge in [-0.05, 0) is 29.5 Å². The molecule has 2 rings (SSSR count). The predicted octanol–water partition coefficient (Wildman–Crippen LogP) is 2.80. The Balaban J connectivity index is 1.97. The van der Waals surface area contributed by atoms with E-state index in [0.29, 0.717) is 24.5 Å². The van der Waals surface area contributed by atoms with Crippen molar-refractivity contribution in [3.05, 3.63) is 47.0 Å². The first kappa shape index (κ1) is 14.7. The summed E-state index contributed by atoms with van der Waals surface area (Å²) in [6.07, 6.45) is 2.60. The van der Waals surface area contributed by atoms with Crippen LogP contribution < -0.4 is 0 Å². The molecule has 1 aliphatic heterocycles. The standard InChI is InChI=1S/C15H17NO3S/c1-2-8-19-15(18)13-5-3-12(4-6-13)10-16-7-9-20-11-14(16)17/h3-7,9H,2,8,10-11H2,1H3. The molecule has 0 N–H and O–H groups in total. The summed E-state index contributed by atoms with van der Waals surface area (Å²) in [6, 6.07) is 7.18. The third-order valence-corrected chi connectivity index (χ3v) is 3.57. The Morgan fingerprint density at radius 1 is 1.35 bits per heavy atom. The highest BCUT2D eigenvalue weighted by Crippen LogP contribution is 2.16. The number of hydrogen-bond acceptors (Lipinski definition) is 4. The lowest BCUT2D eigenvalue weighted by Crippen LogP contribution is -2.28. The first-order chi connectivity index (χ1) is 9.70. The minimum atomic E-state index is -0.302. The molecule has 0 bridgehead atoms. The van der Waals surface area contributed by atoms with Gasteiger partial charge in [-0.15, -0.1) is 11.8 Å². The largest absolute Gasteiger partial charge is 0.462 e. The number of carbonyl (C=O) groups excluding carboxylic acids is 2. The molecule has 106 valence electrons. The van der Waals surface area contributed by atoms with Gasteiger partial charge in [-0.2, -0.15) is 0 Å². The molecule has 0 spiro atoms.